The Morgan fingerprint density at radius 2 is 1.92 bits per heavy atom. The summed E-state index contributed by atoms with van der Waals surface area (Å²) in [5.41, 5.74) is -0.817. The lowest BCUT2D eigenvalue weighted by Gasteiger charge is -2.36. The van der Waals surface area contributed by atoms with Crippen LogP contribution in [0, 0.1) is 5.92 Å². The Morgan fingerprint density at radius 3 is 2.62 bits per heavy atom. The van der Waals surface area contributed by atoms with Gasteiger partial charge in [-0.15, -0.1) is 0 Å². The van der Waals surface area contributed by atoms with E-state index in [1.54, 1.807) is 12.1 Å². The Morgan fingerprint density at radius 1 is 1.18 bits per heavy atom. The highest BCUT2D eigenvalue weighted by atomic mass is 19.4. The van der Waals surface area contributed by atoms with Crippen molar-refractivity contribution in [1.29, 1.82) is 0 Å². The number of hydrogen-bond donors (Lipinski definition) is 2. The molecule has 1 amide bonds. The maximum absolute atomic E-state index is 13.4. The summed E-state index contributed by atoms with van der Waals surface area (Å²) in [6, 6.07) is 6.33. The molecular weight excluding hydrogens is 509 g/mol. The summed E-state index contributed by atoms with van der Waals surface area (Å²) in [6.45, 7) is 3.33. The quantitative estimate of drug-likeness (QED) is 0.429. The molecule has 2 N–H and O–H groups in total. The number of methoxy groups -OCH3 is 1. The Labute approximate surface area is 225 Å². The van der Waals surface area contributed by atoms with Crippen molar-refractivity contribution in [2.75, 3.05) is 39.1 Å². The number of alkyl halides is 3. The summed E-state index contributed by atoms with van der Waals surface area (Å²) in [5.74, 6) is 0.0391. The van der Waals surface area contributed by atoms with E-state index in [0.717, 1.165) is 69.0 Å². The number of amides is 1. The van der Waals surface area contributed by atoms with Crippen molar-refractivity contribution in [3.63, 3.8) is 0 Å². The van der Waals surface area contributed by atoms with Crippen LogP contribution in [0.4, 0.5) is 18.9 Å². The van der Waals surface area contributed by atoms with Crippen molar-refractivity contribution in [1.82, 2.24) is 25.0 Å². The van der Waals surface area contributed by atoms with Crippen molar-refractivity contribution in [2.45, 2.75) is 56.8 Å². The fourth-order valence-electron chi connectivity index (χ4n) is 5.92. The fourth-order valence-corrected chi connectivity index (χ4v) is 5.92. The molecule has 2 fully saturated rings. The molecule has 5 rings (SSSR count). The van der Waals surface area contributed by atoms with Gasteiger partial charge < -0.3 is 20.3 Å². The van der Waals surface area contributed by atoms with Gasteiger partial charge in [0.1, 0.15) is 11.4 Å². The first-order valence-electron chi connectivity index (χ1n) is 13.5. The molecule has 8 nitrogen and oxygen atoms in total. The minimum atomic E-state index is -4.70. The Kier molecular flexibility index (Phi) is 8.08. The lowest BCUT2D eigenvalue weighted by molar-refractivity contribution is -0.138. The van der Waals surface area contributed by atoms with Crippen molar-refractivity contribution < 1.29 is 22.7 Å². The van der Waals surface area contributed by atoms with Gasteiger partial charge in [0.15, 0.2) is 0 Å². The summed E-state index contributed by atoms with van der Waals surface area (Å²) < 4.78 is 47.6. The number of aromatic nitrogens is 3. The highest BCUT2D eigenvalue weighted by molar-refractivity contribution is 6.06. The molecule has 2 aliphatic rings. The van der Waals surface area contributed by atoms with Gasteiger partial charge in [-0.1, -0.05) is 0 Å². The maximum atomic E-state index is 13.4. The zero-order valence-corrected chi connectivity index (χ0v) is 22.3. The molecule has 0 atom stereocenters. The van der Waals surface area contributed by atoms with E-state index in [0.29, 0.717) is 23.2 Å². The minimum absolute atomic E-state index is 0.262. The lowest BCUT2D eigenvalue weighted by Crippen LogP contribution is -2.43. The van der Waals surface area contributed by atoms with E-state index in [1.807, 2.05) is 10.9 Å². The van der Waals surface area contributed by atoms with Gasteiger partial charge >= 0.3 is 6.18 Å². The van der Waals surface area contributed by atoms with Crippen molar-refractivity contribution in [3.05, 3.63) is 47.9 Å². The number of anilines is 1. The molecule has 3 aromatic rings. The second-order valence-corrected chi connectivity index (χ2v) is 10.7. The molecule has 0 unspecified atom stereocenters. The normalized spacial score (nSPS) is 20.9. The first kappa shape index (κ1) is 27.4. The van der Waals surface area contributed by atoms with Gasteiger partial charge in [0.05, 0.1) is 29.9 Å². The maximum Gasteiger partial charge on any atom is 0.418 e. The average molecular weight is 545 g/mol. The number of piperidine rings is 1. The van der Waals surface area contributed by atoms with E-state index < -0.39 is 23.3 Å². The first-order chi connectivity index (χ1) is 18.7. The third-order valence-electron chi connectivity index (χ3n) is 8.09. The topological polar surface area (TPSA) is 84.3 Å². The minimum Gasteiger partial charge on any atom is -0.494 e. The van der Waals surface area contributed by atoms with Crippen LogP contribution in [0.5, 0.6) is 5.75 Å². The fraction of sp³-hybridized carbons (Fsp3) is 0.536. The van der Waals surface area contributed by atoms with Crippen LogP contribution in [0.2, 0.25) is 0 Å². The van der Waals surface area contributed by atoms with E-state index in [-0.39, 0.29) is 11.7 Å². The number of benzene rings is 1. The van der Waals surface area contributed by atoms with Crippen LogP contribution in [0.25, 0.3) is 10.9 Å². The molecule has 1 aromatic carbocycles. The van der Waals surface area contributed by atoms with Crippen molar-refractivity contribution >= 4 is 22.5 Å². The standard InChI is InChI=1S/C28H35F3N6O2/c1-36(20-9-12-32-13-10-20)16-18-5-7-21(8-6-18)37-17-19-14-24(25(39-2)15-23(19)35-37)34-27(38)26-22(28(29,30)31)4-3-11-33-26/h3-4,11,14-15,17-18,20-21,32H,5-10,12-13,16H2,1-2H3,(H,34,38). The van der Waals surface area contributed by atoms with E-state index >= 15 is 0 Å². The third kappa shape index (κ3) is 6.19. The molecule has 0 spiro atoms. The number of pyridine rings is 1. The average Bonchev–Trinajstić information content (AvgIpc) is 3.36. The summed E-state index contributed by atoms with van der Waals surface area (Å²) in [6.07, 6.45) is 5.20. The lowest BCUT2D eigenvalue weighted by atomic mass is 9.85. The van der Waals surface area contributed by atoms with E-state index in [4.69, 9.17) is 9.84 Å². The highest BCUT2D eigenvalue weighted by Crippen LogP contribution is 2.36. The van der Waals surface area contributed by atoms with Crippen molar-refractivity contribution in [3.8, 4) is 5.75 Å². The number of fused-ring (bicyclic) bond motifs is 1. The van der Waals surface area contributed by atoms with Gasteiger partial charge in [0, 0.05) is 36.4 Å². The summed E-state index contributed by atoms with van der Waals surface area (Å²) in [4.78, 5) is 19.0. The number of carbonyl (C=O) groups is 1. The Hall–Kier alpha value is -3.18. The zero-order valence-electron chi connectivity index (χ0n) is 22.3. The van der Waals surface area contributed by atoms with Crippen LogP contribution < -0.4 is 15.4 Å². The number of halogens is 3. The van der Waals surface area contributed by atoms with E-state index in [9.17, 15) is 18.0 Å². The Bertz CT molecular complexity index is 1300. The monoisotopic (exact) mass is 544 g/mol. The number of ether oxygens (including phenoxy) is 1. The van der Waals surface area contributed by atoms with Gasteiger partial charge in [-0.3, -0.25) is 14.5 Å². The third-order valence-corrected chi connectivity index (χ3v) is 8.09. The second kappa shape index (κ2) is 11.5. The van der Waals surface area contributed by atoms with Gasteiger partial charge in [0.25, 0.3) is 5.91 Å². The predicted octanol–water partition coefficient (Wildman–Crippen LogP) is 5.13. The van der Waals surface area contributed by atoms with Crippen molar-refractivity contribution in [2.24, 2.45) is 5.92 Å². The van der Waals surface area contributed by atoms with Crippen LogP contribution in [-0.4, -0.2) is 65.4 Å². The molecule has 11 heteroatoms. The predicted molar refractivity (Wildman–Crippen MR) is 143 cm³/mol. The number of nitrogens with one attached hydrogen (secondary N) is 2. The van der Waals surface area contributed by atoms with E-state index in [1.165, 1.54) is 20.0 Å². The molecule has 1 aliphatic carbocycles. The van der Waals surface area contributed by atoms with Gasteiger partial charge in [-0.05, 0) is 82.8 Å². The number of carbonyl (C=O) groups excluding carboxylic acids is 1. The zero-order chi connectivity index (χ0) is 27.6. The van der Waals surface area contributed by atoms with Crippen LogP contribution in [-0.2, 0) is 6.18 Å². The molecule has 2 aromatic heterocycles. The van der Waals surface area contributed by atoms with Gasteiger partial charge in [-0.25, -0.2) is 0 Å². The molecule has 1 aliphatic heterocycles. The molecular formula is C28H35F3N6O2. The molecule has 3 heterocycles. The number of hydrogen-bond acceptors (Lipinski definition) is 6. The number of rotatable bonds is 7. The molecule has 0 radical (unpaired) electrons. The molecule has 1 saturated heterocycles. The molecule has 210 valence electrons. The summed E-state index contributed by atoms with van der Waals surface area (Å²) in [5, 5.41) is 11.5. The highest BCUT2D eigenvalue weighted by Gasteiger charge is 2.36. The molecule has 39 heavy (non-hydrogen) atoms. The van der Waals surface area contributed by atoms with Crippen LogP contribution in [0.15, 0.2) is 36.7 Å². The van der Waals surface area contributed by atoms with Crippen LogP contribution >= 0.6 is 0 Å². The second-order valence-electron chi connectivity index (χ2n) is 10.7. The Balaban J connectivity index is 1.27. The van der Waals surface area contributed by atoms with Gasteiger partial charge in [-0.2, -0.15) is 18.3 Å². The van der Waals surface area contributed by atoms with Crippen LogP contribution in [0.1, 0.15) is 60.6 Å². The first-order valence-corrected chi connectivity index (χ1v) is 13.5. The number of nitrogens with zero attached hydrogens (tertiary/aromatic N) is 4. The summed E-state index contributed by atoms with van der Waals surface area (Å²) in [7, 11) is 3.70. The smallest absolute Gasteiger partial charge is 0.418 e. The SMILES string of the molecule is COc1cc2nn(C3CCC(CN(C)C4CCNCC4)CC3)cc2cc1NC(=O)c1ncccc1C(F)(F)F. The van der Waals surface area contributed by atoms with Crippen LogP contribution in [0.3, 0.4) is 0 Å². The molecule has 1 saturated carbocycles. The molecule has 0 bridgehead atoms. The largest absolute Gasteiger partial charge is 0.494 e. The van der Waals surface area contributed by atoms with E-state index in [2.05, 4.69) is 27.6 Å². The summed E-state index contributed by atoms with van der Waals surface area (Å²) >= 11 is 0. The van der Waals surface area contributed by atoms with Gasteiger partial charge in [0.2, 0.25) is 0 Å².